The quantitative estimate of drug-likeness (QED) is 0.177. The highest BCUT2D eigenvalue weighted by molar-refractivity contribution is 5.94. The highest BCUT2D eigenvalue weighted by Gasteiger charge is 2.14. The smallest absolute Gasteiger partial charge is 0.160 e. The van der Waals surface area contributed by atoms with Crippen LogP contribution in [-0.2, 0) is 0 Å². The summed E-state index contributed by atoms with van der Waals surface area (Å²) in [6, 6.07) is 64.3. The average molecular weight is 665 g/mol. The molecule has 0 radical (unpaired) electrons. The summed E-state index contributed by atoms with van der Waals surface area (Å²) in [5, 5.41) is 3.46. The van der Waals surface area contributed by atoms with Crippen LogP contribution in [0.2, 0.25) is 0 Å². The van der Waals surface area contributed by atoms with Crippen LogP contribution in [0.4, 0.5) is 0 Å². The number of benzene rings is 7. The Kier molecular flexibility index (Phi) is 7.10. The van der Waals surface area contributed by atoms with E-state index in [0.717, 1.165) is 55.8 Å². The molecule has 0 N–H and O–H groups in total. The monoisotopic (exact) mass is 664 g/mol. The summed E-state index contributed by atoms with van der Waals surface area (Å²) in [7, 11) is 0. The van der Waals surface area contributed by atoms with Gasteiger partial charge in [0.25, 0.3) is 0 Å². The topological polar surface area (TPSA) is 35.6 Å². The fraction of sp³-hybridized carbons (Fsp3) is 0. The zero-order valence-electron chi connectivity index (χ0n) is 28.3. The van der Waals surface area contributed by atoms with Gasteiger partial charge in [0.2, 0.25) is 0 Å². The average Bonchev–Trinajstić information content (AvgIpc) is 3.86. The van der Waals surface area contributed by atoms with Gasteiger partial charge >= 0.3 is 0 Å². The zero-order valence-corrected chi connectivity index (χ0v) is 28.3. The van der Waals surface area contributed by atoms with Crippen LogP contribution in [0.1, 0.15) is 0 Å². The largest absolute Gasteiger partial charge is 0.316 e. The van der Waals surface area contributed by atoms with E-state index >= 15 is 0 Å². The third kappa shape index (κ3) is 5.26. The first kappa shape index (κ1) is 29.8. The Labute approximate surface area is 301 Å². The molecule has 3 aromatic heterocycles. The number of hydrogen-bond acceptors (Lipinski definition) is 2. The van der Waals surface area contributed by atoms with Crippen molar-refractivity contribution in [2.45, 2.75) is 0 Å². The van der Waals surface area contributed by atoms with Crippen molar-refractivity contribution >= 4 is 32.7 Å². The van der Waals surface area contributed by atoms with Crippen molar-refractivity contribution in [3.05, 3.63) is 194 Å². The number of rotatable bonds is 6. The molecule has 0 saturated carbocycles. The summed E-state index contributed by atoms with van der Waals surface area (Å²) in [5.41, 5.74) is 13.1. The Balaban J connectivity index is 1.08. The highest BCUT2D eigenvalue weighted by Crippen LogP contribution is 2.34. The summed E-state index contributed by atoms with van der Waals surface area (Å²) < 4.78 is 4.55. The van der Waals surface area contributed by atoms with E-state index in [1.165, 1.54) is 27.4 Å². The van der Waals surface area contributed by atoms with Gasteiger partial charge in [0.1, 0.15) is 0 Å². The molecule has 0 atom stereocenters. The fourth-order valence-corrected chi connectivity index (χ4v) is 7.37. The van der Waals surface area contributed by atoms with Crippen LogP contribution in [0.15, 0.2) is 194 Å². The van der Waals surface area contributed by atoms with Crippen LogP contribution >= 0.6 is 0 Å². The second kappa shape index (κ2) is 12.4. The molecule has 3 heterocycles. The Morgan fingerprint density at radius 3 is 1.62 bits per heavy atom. The van der Waals surface area contributed by atoms with E-state index in [-0.39, 0.29) is 0 Å². The number of nitrogens with zero attached hydrogens (tertiary/aromatic N) is 4. The summed E-state index contributed by atoms with van der Waals surface area (Å²) in [6.07, 6.45) is 4.32. The van der Waals surface area contributed by atoms with Gasteiger partial charge in [-0.05, 0) is 87.6 Å². The number of fused-ring (bicyclic) bond motifs is 3. The van der Waals surface area contributed by atoms with Crippen LogP contribution < -0.4 is 0 Å². The molecule has 0 unspecified atom stereocenters. The summed E-state index contributed by atoms with van der Waals surface area (Å²) in [6.45, 7) is 0. The summed E-state index contributed by atoms with van der Waals surface area (Å²) in [4.78, 5) is 10.3. The van der Waals surface area contributed by atoms with Gasteiger partial charge in [0.15, 0.2) is 5.82 Å². The van der Waals surface area contributed by atoms with Gasteiger partial charge in [-0.2, -0.15) is 0 Å². The first-order valence-electron chi connectivity index (χ1n) is 17.6. The predicted molar refractivity (Wildman–Crippen MR) is 215 cm³/mol. The molecule has 244 valence electrons. The SMILES string of the molecule is c1ccc(-c2cccc(-c3nc(-c4ccc(-c5cc(-n6ccc7ccccc76)cc(-n6ccc7ccccc76)c5)cc4)nc4ccccc34)c2)cc1. The molecule has 10 rings (SSSR count). The molecule has 0 amide bonds. The van der Waals surface area contributed by atoms with Crippen molar-refractivity contribution < 1.29 is 0 Å². The molecule has 0 bridgehead atoms. The van der Waals surface area contributed by atoms with Gasteiger partial charge in [-0.25, -0.2) is 9.97 Å². The number of para-hydroxylation sites is 3. The maximum absolute atomic E-state index is 5.21. The molecule has 4 nitrogen and oxygen atoms in total. The van der Waals surface area contributed by atoms with Crippen molar-refractivity contribution in [2.24, 2.45) is 0 Å². The highest BCUT2D eigenvalue weighted by atomic mass is 15.0. The Hall–Kier alpha value is -7.04. The van der Waals surface area contributed by atoms with Gasteiger partial charge in [0.05, 0.1) is 22.2 Å². The molecule has 10 aromatic rings. The standard InChI is InChI=1S/C48H32N4/c1-2-11-33(12-3-1)38-15-10-16-39(29-38)47-43-17-6-7-18-44(43)49-48(50-47)37-23-21-34(22-24-37)40-30-41(51-27-25-35-13-4-8-19-45(35)51)32-42(31-40)52-28-26-36-14-5-9-20-46(36)52/h1-32H. The lowest BCUT2D eigenvalue weighted by atomic mass is 9.99. The molecular weight excluding hydrogens is 633 g/mol. The molecule has 7 aromatic carbocycles. The third-order valence-electron chi connectivity index (χ3n) is 9.98. The van der Waals surface area contributed by atoms with Crippen LogP contribution in [0.25, 0.3) is 89.0 Å². The minimum Gasteiger partial charge on any atom is -0.316 e. The van der Waals surface area contributed by atoms with E-state index in [4.69, 9.17) is 9.97 Å². The van der Waals surface area contributed by atoms with Crippen molar-refractivity contribution in [3.63, 3.8) is 0 Å². The fourth-order valence-electron chi connectivity index (χ4n) is 7.37. The number of hydrogen-bond donors (Lipinski definition) is 0. The van der Waals surface area contributed by atoms with E-state index in [1.54, 1.807) is 0 Å². The normalized spacial score (nSPS) is 11.5. The molecule has 0 spiro atoms. The first-order chi connectivity index (χ1) is 25.7. The Bertz CT molecular complexity index is 2810. The lowest BCUT2D eigenvalue weighted by molar-refractivity contribution is 1.09. The van der Waals surface area contributed by atoms with E-state index < -0.39 is 0 Å². The minimum absolute atomic E-state index is 0.706. The molecule has 0 aliphatic heterocycles. The molecule has 4 heteroatoms. The molecule has 0 aliphatic carbocycles. The summed E-state index contributed by atoms with van der Waals surface area (Å²) >= 11 is 0. The summed E-state index contributed by atoms with van der Waals surface area (Å²) in [5.74, 6) is 0.706. The lowest BCUT2D eigenvalue weighted by Crippen LogP contribution is -1.98. The lowest BCUT2D eigenvalue weighted by Gasteiger charge is -2.15. The maximum Gasteiger partial charge on any atom is 0.160 e. The van der Waals surface area contributed by atoms with Crippen LogP contribution in [0, 0.1) is 0 Å². The van der Waals surface area contributed by atoms with Crippen molar-refractivity contribution in [1.29, 1.82) is 0 Å². The van der Waals surface area contributed by atoms with Gasteiger partial charge < -0.3 is 9.13 Å². The molecule has 0 saturated heterocycles. The molecule has 0 aliphatic rings. The Morgan fingerprint density at radius 1 is 0.346 bits per heavy atom. The molecule has 0 fully saturated rings. The Morgan fingerprint density at radius 2 is 0.904 bits per heavy atom. The molecular formula is C48H32N4. The van der Waals surface area contributed by atoms with Gasteiger partial charge in [-0.1, -0.05) is 127 Å². The van der Waals surface area contributed by atoms with Crippen molar-refractivity contribution in [3.8, 4) is 56.3 Å². The van der Waals surface area contributed by atoms with E-state index in [1.807, 2.05) is 12.1 Å². The van der Waals surface area contributed by atoms with Gasteiger partial charge in [0, 0.05) is 40.3 Å². The van der Waals surface area contributed by atoms with Crippen molar-refractivity contribution in [1.82, 2.24) is 19.1 Å². The second-order valence-corrected chi connectivity index (χ2v) is 13.2. The van der Waals surface area contributed by atoms with E-state index in [2.05, 4.69) is 191 Å². The molecule has 52 heavy (non-hydrogen) atoms. The zero-order chi connectivity index (χ0) is 34.4. The minimum atomic E-state index is 0.706. The maximum atomic E-state index is 5.21. The van der Waals surface area contributed by atoms with Gasteiger partial charge in [-0.3, -0.25) is 0 Å². The van der Waals surface area contributed by atoms with Crippen LogP contribution in [0.3, 0.4) is 0 Å². The number of aromatic nitrogens is 4. The van der Waals surface area contributed by atoms with Crippen LogP contribution in [-0.4, -0.2) is 19.1 Å². The second-order valence-electron chi connectivity index (χ2n) is 13.2. The van der Waals surface area contributed by atoms with Crippen molar-refractivity contribution in [2.75, 3.05) is 0 Å². The first-order valence-corrected chi connectivity index (χ1v) is 17.6. The third-order valence-corrected chi connectivity index (χ3v) is 9.98. The van der Waals surface area contributed by atoms with Gasteiger partial charge in [-0.15, -0.1) is 0 Å². The van der Waals surface area contributed by atoms with Crippen LogP contribution in [0.5, 0.6) is 0 Å². The van der Waals surface area contributed by atoms with E-state index in [9.17, 15) is 0 Å². The predicted octanol–water partition coefficient (Wildman–Crippen LogP) is 12.2. The van der Waals surface area contributed by atoms with E-state index in [0.29, 0.717) is 5.82 Å².